The molecule has 1 atom stereocenters. The van der Waals surface area contributed by atoms with Gasteiger partial charge in [0.05, 0.1) is 31.2 Å². The summed E-state index contributed by atoms with van der Waals surface area (Å²) < 4.78 is 36.1. The molecule has 2 rings (SSSR count). The van der Waals surface area contributed by atoms with Crippen molar-refractivity contribution in [2.45, 2.75) is 26.3 Å². The van der Waals surface area contributed by atoms with Crippen molar-refractivity contribution in [1.82, 2.24) is 0 Å². The van der Waals surface area contributed by atoms with Gasteiger partial charge in [-0.05, 0) is 61.9 Å². The van der Waals surface area contributed by atoms with Gasteiger partial charge in [0, 0.05) is 5.69 Å². The average Bonchev–Trinajstić information content (AvgIpc) is 2.71. The van der Waals surface area contributed by atoms with Gasteiger partial charge >= 0.3 is 5.97 Å². The number of hydrogen-bond donors (Lipinski definition) is 1. The van der Waals surface area contributed by atoms with E-state index in [0.717, 1.165) is 10.6 Å². The number of nitrogens with zero attached hydrogens (tertiary/aromatic N) is 1. The molecule has 30 heavy (non-hydrogen) atoms. The number of ether oxygens (including phenoxy) is 2. The zero-order valence-electron chi connectivity index (χ0n) is 17.4. The summed E-state index contributed by atoms with van der Waals surface area (Å²) in [6.45, 7) is 3.71. The fourth-order valence-corrected chi connectivity index (χ4v) is 4.13. The van der Waals surface area contributed by atoms with E-state index in [0.29, 0.717) is 22.7 Å². The second-order valence-electron chi connectivity index (χ2n) is 6.47. The average molecular weight is 435 g/mol. The Morgan fingerprint density at radius 1 is 1.03 bits per heavy atom. The summed E-state index contributed by atoms with van der Waals surface area (Å²) in [5.41, 5.74) is 1.16. The molecule has 162 valence electrons. The zero-order chi connectivity index (χ0) is 22.3. The molecule has 0 fully saturated rings. The highest BCUT2D eigenvalue weighted by molar-refractivity contribution is 7.92. The van der Waals surface area contributed by atoms with Crippen molar-refractivity contribution in [3.8, 4) is 5.75 Å². The molecule has 1 unspecified atom stereocenters. The first-order chi connectivity index (χ1) is 14.2. The summed E-state index contributed by atoms with van der Waals surface area (Å²) in [5, 5.41) is 2.71. The monoisotopic (exact) mass is 434 g/mol. The van der Waals surface area contributed by atoms with Gasteiger partial charge in [0.1, 0.15) is 11.8 Å². The first-order valence-corrected chi connectivity index (χ1v) is 11.3. The smallest absolute Gasteiger partial charge is 0.338 e. The number of hydrogen-bond acceptors (Lipinski definition) is 6. The van der Waals surface area contributed by atoms with Crippen LogP contribution < -0.4 is 14.4 Å². The standard InChI is InChI=1S/C21H26N2O6S/c1-5-19(23(30(4,26)27)17-11-13-18(28-3)14-12-17)20(24)22-16-9-7-15(8-10-16)21(25)29-6-2/h7-14,19H,5-6H2,1-4H3,(H,22,24). The van der Waals surface area contributed by atoms with Gasteiger partial charge in [0.2, 0.25) is 15.9 Å². The molecule has 0 saturated heterocycles. The van der Waals surface area contributed by atoms with Crippen molar-refractivity contribution < 1.29 is 27.5 Å². The Balaban J connectivity index is 2.26. The summed E-state index contributed by atoms with van der Waals surface area (Å²) >= 11 is 0. The molecule has 0 spiro atoms. The lowest BCUT2D eigenvalue weighted by atomic mass is 10.1. The van der Waals surface area contributed by atoms with Gasteiger partial charge in [0.15, 0.2) is 0 Å². The van der Waals surface area contributed by atoms with Gasteiger partial charge < -0.3 is 14.8 Å². The number of sulfonamides is 1. The van der Waals surface area contributed by atoms with Crippen molar-refractivity contribution in [3.63, 3.8) is 0 Å². The lowest BCUT2D eigenvalue weighted by molar-refractivity contribution is -0.117. The number of anilines is 2. The summed E-state index contributed by atoms with van der Waals surface area (Å²) in [4.78, 5) is 24.7. The van der Waals surface area contributed by atoms with Crippen molar-refractivity contribution in [3.05, 3.63) is 54.1 Å². The zero-order valence-corrected chi connectivity index (χ0v) is 18.2. The fourth-order valence-electron chi connectivity index (χ4n) is 2.92. The molecule has 0 aromatic heterocycles. The summed E-state index contributed by atoms with van der Waals surface area (Å²) in [6.07, 6.45) is 1.31. The molecule has 9 heteroatoms. The van der Waals surface area contributed by atoms with E-state index >= 15 is 0 Å². The van der Waals surface area contributed by atoms with Crippen LogP contribution in [0.15, 0.2) is 48.5 Å². The quantitative estimate of drug-likeness (QED) is 0.609. The molecule has 0 aliphatic carbocycles. The molecule has 0 aliphatic rings. The maximum Gasteiger partial charge on any atom is 0.338 e. The van der Waals surface area contributed by atoms with Gasteiger partial charge in [0.25, 0.3) is 0 Å². The normalized spacial score (nSPS) is 12.0. The largest absolute Gasteiger partial charge is 0.497 e. The van der Waals surface area contributed by atoms with E-state index in [1.54, 1.807) is 50.2 Å². The van der Waals surface area contributed by atoms with E-state index in [2.05, 4.69) is 5.32 Å². The van der Waals surface area contributed by atoms with Gasteiger partial charge in [-0.15, -0.1) is 0 Å². The predicted molar refractivity (Wildman–Crippen MR) is 115 cm³/mol. The van der Waals surface area contributed by atoms with Gasteiger partial charge in [-0.25, -0.2) is 13.2 Å². The van der Waals surface area contributed by atoms with Crippen LogP contribution in [0.5, 0.6) is 5.75 Å². The van der Waals surface area contributed by atoms with Crippen molar-refractivity contribution in [1.29, 1.82) is 0 Å². The maximum atomic E-state index is 12.9. The minimum absolute atomic E-state index is 0.256. The number of carbonyl (C=O) groups excluding carboxylic acids is 2. The van der Waals surface area contributed by atoms with E-state index in [1.165, 1.54) is 19.2 Å². The van der Waals surface area contributed by atoms with Crippen LogP contribution in [0.4, 0.5) is 11.4 Å². The molecule has 1 amide bonds. The van der Waals surface area contributed by atoms with Crippen LogP contribution in [0.1, 0.15) is 30.6 Å². The Kier molecular flexibility index (Phi) is 7.82. The van der Waals surface area contributed by atoms with E-state index in [9.17, 15) is 18.0 Å². The molecule has 2 aromatic carbocycles. The molecule has 2 aromatic rings. The summed E-state index contributed by atoms with van der Waals surface area (Å²) in [7, 11) is -2.23. The van der Waals surface area contributed by atoms with E-state index in [4.69, 9.17) is 9.47 Å². The first-order valence-electron chi connectivity index (χ1n) is 9.42. The summed E-state index contributed by atoms with van der Waals surface area (Å²) in [6, 6.07) is 11.7. The van der Waals surface area contributed by atoms with Crippen molar-refractivity contribution in [2.75, 3.05) is 29.6 Å². The second kappa shape index (κ2) is 10.1. The Bertz CT molecular complexity index is 972. The number of carbonyl (C=O) groups is 2. The van der Waals surface area contributed by atoms with Crippen LogP contribution in [0.25, 0.3) is 0 Å². The van der Waals surface area contributed by atoms with Gasteiger partial charge in [-0.1, -0.05) is 6.92 Å². The number of amides is 1. The third-order valence-corrected chi connectivity index (χ3v) is 5.50. The minimum atomic E-state index is -3.74. The number of rotatable bonds is 9. The Morgan fingerprint density at radius 3 is 2.10 bits per heavy atom. The van der Waals surface area contributed by atoms with Crippen LogP contribution in [0.3, 0.4) is 0 Å². The molecule has 0 saturated carbocycles. The minimum Gasteiger partial charge on any atom is -0.497 e. The SMILES string of the molecule is CCOC(=O)c1ccc(NC(=O)C(CC)N(c2ccc(OC)cc2)S(C)(=O)=O)cc1. The highest BCUT2D eigenvalue weighted by Crippen LogP contribution is 2.25. The molecule has 0 bridgehead atoms. The lowest BCUT2D eigenvalue weighted by Crippen LogP contribution is -2.47. The lowest BCUT2D eigenvalue weighted by Gasteiger charge is -2.30. The van der Waals surface area contributed by atoms with E-state index < -0.39 is 27.9 Å². The Hall–Kier alpha value is -3.07. The van der Waals surface area contributed by atoms with Gasteiger partial charge in [-0.2, -0.15) is 0 Å². The highest BCUT2D eigenvalue weighted by Gasteiger charge is 2.31. The molecule has 0 heterocycles. The number of nitrogens with one attached hydrogen (secondary N) is 1. The number of benzene rings is 2. The van der Waals surface area contributed by atoms with Crippen LogP contribution in [0, 0.1) is 0 Å². The molecule has 0 radical (unpaired) electrons. The number of esters is 1. The van der Waals surface area contributed by atoms with Crippen LogP contribution in [-0.4, -0.2) is 46.3 Å². The van der Waals surface area contributed by atoms with Crippen molar-refractivity contribution in [2.24, 2.45) is 0 Å². The molecule has 1 N–H and O–H groups in total. The first kappa shape index (κ1) is 23.2. The Labute approximate surface area is 176 Å². The van der Waals surface area contributed by atoms with E-state index in [-0.39, 0.29) is 13.0 Å². The van der Waals surface area contributed by atoms with Gasteiger partial charge in [-0.3, -0.25) is 9.10 Å². The van der Waals surface area contributed by atoms with Crippen LogP contribution >= 0.6 is 0 Å². The molecular weight excluding hydrogens is 408 g/mol. The topological polar surface area (TPSA) is 102 Å². The number of methoxy groups -OCH3 is 1. The van der Waals surface area contributed by atoms with Crippen LogP contribution in [0.2, 0.25) is 0 Å². The third kappa shape index (κ3) is 5.73. The third-order valence-electron chi connectivity index (χ3n) is 4.32. The summed E-state index contributed by atoms with van der Waals surface area (Å²) in [5.74, 6) is -0.362. The second-order valence-corrected chi connectivity index (χ2v) is 8.33. The molecular formula is C21H26N2O6S. The fraction of sp³-hybridized carbons (Fsp3) is 0.333. The molecule has 0 aliphatic heterocycles. The molecule has 8 nitrogen and oxygen atoms in total. The van der Waals surface area contributed by atoms with Crippen molar-refractivity contribution >= 4 is 33.3 Å². The maximum absolute atomic E-state index is 12.9. The van der Waals surface area contributed by atoms with Crippen LogP contribution in [-0.2, 0) is 19.6 Å². The highest BCUT2D eigenvalue weighted by atomic mass is 32.2. The Morgan fingerprint density at radius 2 is 1.63 bits per heavy atom. The predicted octanol–water partition coefficient (Wildman–Crippen LogP) is 3.06. The van der Waals surface area contributed by atoms with E-state index in [1.807, 2.05) is 0 Å².